The molecule has 0 aliphatic heterocycles. The van der Waals surface area contributed by atoms with E-state index in [9.17, 15) is 0 Å². The van der Waals surface area contributed by atoms with Crippen LogP contribution in [0.25, 0.3) is 0 Å². The van der Waals surface area contributed by atoms with Crippen molar-refractivity contribution >= 4 is 29.4 Å². The summed E-state index contributed by atoms with van der Waals surface area (Å²) in [4.78, 5) is 2.14. The van der Waals surface area contributed by atoms with Crippen LogP contribution in [0.4, 0.5) is 0 Å². The van der Waals surface area contributed by atoms with Gasteiger partial charge in [-0.3, -0.25) is 0 Å². The van der Waals surface area contributed by atoms with E-state index in [0.717, 1.165) is 21.1 Å². The van der Waals surface area contributed by atoms with E-state index >= 15 is 0 Å². The summed E-state index contributed by atoms with van der Waals surface area (Å²) in [7, 11) is 0. The molecule has 18 heavy (non-hydrogen) atoms. The summed E-state index contributed by atoms with van der Waals surface area (Å²) in [5.74, 6) is 1.26. The van der Waals surface area contributed by atoms with Gasteiger partial charge >= 0.3 is 0 Å². The molecule has 3 nitrogen and oxygen atoms in total. The van der Waals surface area contributed by atoms with Crippen molar-refractivity contribution in [3.63, 3.8) is 0 Å². The molecule has 0 unspecified atom stereocenters. The lowest BCUT2D eigenvalue weighted by atomic mass is 10.2. The van der Waals surface area contributed by atoms with Crippen LogP contribution in [0.15, 0.2) is 33.1 Å². The van der Waals surface area contributed by atoms with E-state index in [1.807, 2.05) is 24.5 Å². The molecule has 3 N–H and O–H groups in total. The van der Waals surface area contributed by atoms with Crippen molar-refractivity contribution < 1.29 is 5.21 Å². The first-order valence-electron chi connectivity index (χ1n) is 6.02. The van der Waals surface area contributed by atoms with Crippen molar-refractivity contribution in [3.8, 4) is 0 Å². The third kappa shape index (κ3) is 4.14. The molecule has 1 rings (SSSR count). The Balaban J connectivity index is 2.89. The number of hydrogen-bond acceptors (Lipinski definition) is 4. The van der Waals surface area contributed by atoms with Gasteiger partial charge in [-0.2, -0.15) is 0 Å². The maximum Gasteiger partial charge on any atom is 0.172 e. The second-order valence-corrected chi connectivity index (χ2v) is 5.86. The van der Waals surface area contributed by atoms with Crippen LogP contribution in [0.5, 0.6) is 0 Å². The first-order valence-corrected chi connectivity index (χ1v) is 8.23. The second-order valence-electron chi connectivity index (χ2n) is 3.87. The number of nitrogens with two attached hydrogens (primary N) is 1. The molecule has 0 atom stereocenters. The van der Waals surface area contributed by atoms with Gasteiger partial charge in [-0.25, -0.2) is 0 Å². The molecule has 1 aromatic rings. The number of hydrogen-bond donors (Lipinski definition) is 2. The Hall–Kier alpha value is -0.810. The van der Waals surface area contributed by atoms with Crippen LogP contribution in [-0.2, 0) is 0 Å². The van der Waals surface area contributed by atoms with Crippen molar-refractivity contribution in [1.82, 2.24) is 0 Å². The molecule has 0 radical (unpaired) electrons. The van der Waals surface area contributed by atoms with Crippen molar-refractivity contribution in [3.05, 3.63) is 23.8 Å². The summed E-state index contributed by atoms with van der Waals surface area (Å²) in [6.07, 6.45) is 5.65. The van der Waals surface area contributed by atoms with Gasteiger partial charge in [0.25, 0.3) is 0 Å². The molecule has 0 aliphatic rings. The zero-order valence-corrected chi connectivity index (χ0v) is 12.5. The number of benzene rings is 1. The molecule has 0 amide bonds. The van der Waals surface area contributed by atoms with Crippen LogP contribution in [0.1, 0.15) is 31.7 Å². The second kappa shape index (κ2) is 8.32. The van der Waals surface area contributed by atoms with Gasteiger partial charge in [0, 0.05) is 15.4 Å². The third-order valence-corrected chi connectivity index (χ3v) is 4.50. The average Bonchev–Trinajstić information content (AvgIpc) is 2.42. The van der Waals surface area contributed by atoms with Gasteiger partial charge in [0.1, 0.15) is 0 Å². The fourth-order valence-corrected chi connectivity index (χ4v) is 3.44. The van der Waals surface area contributed by atoms with Crippen molar-refractivity contribution in [2.24, 2.45) is 10.9 Å². The SMILES string of the molecule is CCCCCSc1cccc(SC)c1/C(N)=N/O. The molecule has 0 spiro atoms. The van der Waals surface area contributed by atoms with Crippen molar-refractivity contribution in [2.45, 2.75) is 36.0 Å². The number of unbranched alkanes of at least 4 members (excludes halogenated alkanes) is 2. The number of oxime groups is 1. The lowest BCUT2D eigenvalue weighted by Gasteiger charge is -2.11. The Morgan fingerprint density at radius 1 is 1.33 bits per heavy atom. The lowest BCUT2D eigenvalue weighted by molar-refractivity contribution is 0.318. The van der Waals surface area contributed by atoms with Crippen LogP contribution < -0.4 is 5.73 Å². The average molecular weight is 284 g/mol. The Labute approximate surface area is 117 Å². The first kappa shape index (κ1) is 15.2. The van der Waals surface area contributed by atoms with Gasteiger partial charge in [0.2, 0.25) is 0 Å². The smallest absolute Gasteiger partial charge is 0.172 e. The van der Waals surface area contributed by atoms with Crippen LogP contribution in [0.2, 0.25) is 0 Å². The normalized spacial score (nSPS) is 11.8. The highest BCUT2D eigenvalue weighted by Gasteiger charge is 2.12. The van der Waals surface area contributed by atoms with Crippen molar-refractivity contribution in [2.75, 3.05) is 12.0 Å². The number of thioether (sulfide) groups is 2. The monoisotopic (exact) mass is 284 g/mol. The Morgan fingerprint density at radius 2 is 2.06 bits per heavy atom. The summed E-state index contributed by atoms with van der Waals surface area (Å²) in [6.45, 7) is 2.20. The Bertz CT molecular complexity index is 408. The van der Waals surface area contributed by atoms with Crippen LogP contribution >= 0.6 is 23.5 Å². The highest BCUT2D eigenvalue weighted by Crippen LogP contribution is 2.30. The van der Waals surface area contributed by atoms with Gasteiger partial charge in [-0.15, -0.1) is 23.5 Å². The molecule has 5 heteroatoms. The molecular weight excluding hydrogens is 264 g/mol. The predicted octanol–water partition coefficient (Wildman–Crippen LogP) is 3.79. The summed E-state index contributed by atoms with van der Waals surface area (Å²) in [5.41, 5.74) is 6.63. The van der Waals surface area contributed by atoms with E-state index in [2.05, 4.69) is 12.1 Å². The van der Waals surface area contributed by atoms with Gasteiger partial charge in [-0.05, 0) is 30.6 Å². The van der Waals surface area contributed by atoms with E-state index in [1.54, 1.807) is 23.5 Å². The molecule has 0 saturated carbocycles. The topological polar surface area (TPSA) is 58.6 Å². The van der Waals surface area contributed by atoms with Gasteiger partial charge in [-0.1, -0.05) is 31.0 Å². The molecule has 0 bridgehead atoms. The van der Waals surface area contributed by atoms with Crippen LogP contribution in [0, 0.1) is 0 Å². The largest absolute Gasteiger partial charge is 0.409 e. The summed E-state index contributed by atoms with van der Waals surface area (Å²) in [5, 5.41) is 12.0. The fourth-order valence-electron chi connectivity index (χ4n) is 1.64. The van der Waals surface area contributed by atoms with Gasteiger partial charge in [0.15, 0.2) is 5.84 Å². The molecule has 1 aromatic carbocycles. The minimum absolute atomic E-state index is 0.193. The van der Waals surface area contributed by atoms with E-state index < -0.39 is 0 Å². The Morgan fingerprint density at radius 3 is 2.67 bits per heavy atom. The lowest BCUT2D eigenvalue weighted by Crippen LogP contribution is -2.15. The molecule has 0 aromatic heterocycles. The maximum absolute atomic E-state index is 8.89. The molecule has 0 heterocycles. The van der Waals surface area contributed by atoms with Crippen molar-refractivity contribution in [1.29, 1.82) is 0 Å². The third-order valence-electron chi connectivity index (χ3n) is 2.58. The van der Waals surface area contributed by atoms with E-state index in [0.29, 0.717) is 0 Å². The summed E-state index contributed by atoms with van der Waals surface area (Å²) >= 11 is 3.39. The summed E-state index contributed by atoms with van der Waals surface area (Å²) in [6, 6.07) is 6.04. The fraction of sp³-hybridized carbons (Fsp3) is 0.462. The standard InChI is InChI=1S/C13H20N2OS2/c1-3-4-5-9-18-11-8-6-7-10(17-2)12(11)13(14)15-16/h6-8,16H,3-5,9H2,1-2H3,(H2,14,15). The molecular formula is C13H20N2OS2. The van der Waals surface area contributed by atoms with Gasteiger partial charge < -0.3 is 10.9 Å². The predicted molar refractivity (Wildman–Crippen MR) is 81.0 cm³/mol. The molecule has 0 aliphatic carbocycles. The quantitative estimate of drug-likeness (QED) is 0.200. The minimum Gasteiger partial charge on any atom is -0.409 e. The molecule has 0 saturated heterocycles. The highest BCUT2D eigenvalue weighted by atomic mass is 32.2. The molecule has 100 valence electrons. The number of rotatable bonds is 7. The Kier molecular flexibility index (Phi) is 7.05. The number of amidine groups is 1. The highest BCUT2D eigenvalue weighted by molar-refractivity contribution is 8.00. The molecule has 0 fully saturated rings. The van der Waals surface area contributed by atoms with Crippen LogP contribution in [0.3, 0.4) is 0 Å². The van der Waals surface area contributed by atoms with E-state index in [4.69, 9.17) is 10.9 Å². The summed E-state index contributed by atoms with van der Waals surface area (Å²) < 4.78 is 0. The van der Waals surface area contributed by atoms with Crippen LogP contribution in [-0.4, -0.2) is 23.1 Å². The van der Waals surface area contributed by atoms with E-state index in [1.165, 1.54) is 19.3 Å². The minimum atomic E-state index is 0.193. The zero-order chi connectivity index (χ0) is 13.4. The first-order chi connectivity index (χ1) is 8.74. The zero-order valence-electron chi connectivity index (χ0n) is 10.8. The van der Waals surface area contributed by atoms with Gasteiger partial charge in [0.05, 0.1) is 0 Å². The number of nitrogens with zero attached hydrogens (tertiary/aromatic N) is 1. The maximum atomic E-state index is 8.89. The van der Waals surface area contributed by atoms with E-state index in [-0.39, 0.29) is 5.84 Å².